The van der Waals surface area contributed by atoms with Gasteiger partial charge in [0.2, 0.25) is 5.91 Å². The lowest BCUT2D eigenvalue weighted by molar-refractivity contribution is -0.138. The highest BCUT2D eigenvalue weighted by molar-refractivity contribution is 6.09. The van der Waals surface area contributed by atoms with Crippen LogP contribution in [0.25, 0.3) is 0 Å². The summed E-state index contributed by atoms with van der Waals surface area (Å²) in [6.07, 6.45) is 0. The molecule has 0 spiro atoms. The Morgan fingerprint density at radius 2 is 1.65 bits per heavy atom. The first-order valence-corrected chi connectivity index (χ1v) is 7.18. The van der Waals surface area contributed by atoms with E-state index >= 15 is 0 Å². The summed E-state index contributed by atoms with van der Waals surface area (Å²) in [6, 6.07) is 15.7. The van der Waals surface area contributed by atoms with Crippen LogP contribution in [0.3, 0.4) is 0 Å². The molecule has 23 heavy (non-hydrogen) atoms. The zero-order chi connectivity index (χ0) is 16.8. The molecule has 0 heterocycles. The number of amides is 1. The van der Waals surface area contributed by atoms with Crippen molar-refractivity contribution < 1.29 is 19.5 Å². The van der Waals surface area contributed by atoms with Crippen LogP contribution in [0, 0.1) is 0 Å². The van der Waals surface area contributed by atoms with Gasteiger partial charge < -0.3 is 10.4 Å². The van der Waals surface area contributed by atoms with Crippen LogP contribution in [0.2, 0.25) is 0 Å². The third-order valence-electron chi connectivity index (χ3n) is 3.49. The Balaban J connectivity index is 2.18. The van der Waals surface area contributed by atoms with Crippen molar-refractivity contribution in [3.05, 3.63) is 71.3 Å². The number of rotatable bonds is 6. The summed E-state index contributed by atoms with van der Waals surface area (Å²) in [7, 11) is 0. The largest absolute Gasteiger partial charge is 0.480 e. The zero-order valence-corrected chi connectivity index (χ0v) is 12.7. The molecule has 0 saturated carbocycles. The molecule has 2 aromatic carbocycles. The van der Waals surface area contributed by atoms with Gasteiger partial charge in [0.1, 0.15) is 6.54 Å². The quantitative estimate of drug-likeness (QED) is 0.801. The Hall–Kier alpha value is -2.95. The Labute approximate surface area is 134 Å². The van der Waals surface area contributed by atoms with Crippen molar-refractivity contribution in [3.63, 3.8) is 0 Å². The first-order chi connectivity index (χ1) is 11.0. The number of carboxylic acids is 1. The molecule has 1 atom stereocenters. The Bertz CT molecular complexity index is 725. The third-order valence-corrected chi connectivity index (χ3v) is 3.49. The summed E-state index contributed by atoms with van der Waals surface area (Å²) in [6.45, 7) is 1.25. The van der Waals surface area contributed by atoms with Crippen LogP contribution in [0.5, 0.6) is 0 Å². The second-order valence-electron chi connectivity index (χ2n) is 5.15. The molecule has 5 heteroatoms. The van der Waals surface area contributed by atoms with Crippen LogP contribution in [-0.2, 0) is 9.59 Å². The first-order valence-electron chi connectivity index (χ1n) is 7.18. The van der Waals surface area contributed by atoms with Crippen molar-refractivity contribution in [2.24, 2.45) is 0 Å². The number of carbonyl (C=O) groups excluding carboxylic acids is 2. The van der Waals surface area contributed by atoms with E-state index in [9.17, 15) is 14.4 Å². The number of hydrogen-bond donors (Lipinski definition) is 2. The molecule has 0 bridgehead atoms. The average molecular weight is 311 g/mol. The Morgan fingerprint density at radius 1 is 1.00 bits per heavy atom. The summed E-state index contributed by atoms with van der Waals surface area (Å²) in [5, 5.41) is 10.9. The van der Waals surface area contributed by atoms with Gasteiger partial charge in [0.25, 0.3) is 0 Å². The molecule has 0 unspecified atom stereocenters. The number of aliphatic carboxylic acids is 1. The van der Waals surface area contributed by atoms with Gasteiger partial charge in [0.05, 0.1) is 5.92 Å². The van der Waals surface area contributed by atoms with Crippen LogP contribution in [0.15, 0.2) is 54.6 Å². The van der Waals surface area contributed by atoms with Crippen LogP contribution >= 0.6 is 0 Å². The fourth-order valence-corrected chi connectivity index (χ4v) is 2.17. The van der Waals surface area contributed by atoms with E-state index in [1.165, 1.54) is 0 Å². The number of nitrogens with one attached hydrogen (secondary N) is 1. The minimum absolute atomic E-state index is 0.120. The summed E-state index contributed by atoms with van der Waals surface area (Å²) < 4.78 is 0. The van der Waals surface area contributed by atoms with Gasteiger partial charge in [0, 0.05) is 11.1 Å². The van der Waals surface area contributed by atoms with E-state index in [1.807, 2.05) is 6.07 Å². The average Bonchev–Trinajstić information content (AvgIpc) is 2.59. The number of carbonyl (C=O) groups is 3. The number of carboxylic acid groups (broad SMARTS) is 1. The topological polar surface area (TPSA) is 83.5 Å². The standard InChI is InChI=1S/C18H17NO4/c1-12(18(23)19-11-16(20)21)14-8-5-9-15(10-14)17(22)13-6-3-2-4-7-13/h2-10,12H,11H2,1H3,(H,19,23)(H,20,21)/t12-/m1/s1. The predicted octanol–water partition coefficient (Wildman–Crippen LogP) is 2.22. The summed E-state index contributed by atoms with van der Waals surface area (Å²) in [4.78, 5) is 34.9. The van der Waals surface area contributed by atoms with Crippen molar-refractivity contribution in [1.29, 1.82) is 0 Å². The smallest absolute Gasteiger partial charge is 0.322 e. The van der Waals surface area contributed by atoms with Gasteiger partial charge in [-0.3, -0.25) is 14.4 Å². The first kappa shape index (κ1) is 16.4. The van der Waals surface area contributed by atoms with Gasteiger partial charge in [-0.05, 0) is 18.6 Å². The Morgan fingerprint density at radius 3 is 2.30 bits per heavy atom. The van der Waals surface area contributed by atoms with E-state index in [2.05, 4.69) is 5.32 Å². The van der Waals surface area contributed by atoms with Gasteiger partial charge in [-0.1, -0.05) is 48.5 Å². The third kappa shape index (κ3) is 4.26. The number of benzene rings is 2. The van der Waals surface area contributed by atoms with Crippen molar-refractivity contribution in [1.82, 2.24) is 5.32 Å². The van der Waals surface area contributed by atoms with E-state index in [0.29, 0.717) is 16.7 Å². The van der Waals surface area contributed by atoms with E-state index in [-0.39, 0.29) is 5.78 Å². The molecular formula is C18H17NO4. The lowest BCUT2D eigenvalue weighted by atomic mass is 9.95. The van der Waals surface area contributed by atoms with Crippen molar-refractivity contribution in [2.75, 3.05) is 6.54 Å². The molecule has 0 aliphatic carbocycles. The molecular weight excluding hydrogens is 294 g/mol. The Kier molecular flexibility index (Phi) is 5.25. The maximum absolute atomic E-state index is 12.4. The normalized spacial score (nSPS) is 11.5. The minimum Gasteiger partial charge on any atom is -0.480 e. The van der Waals surface area contributed by atoms with Crippen LogP contribution in [0.4, 0.5) is 0 Å². The molecule has 2 N–H and O–H groups in total. The van der Waals surface area contributed by atoms with Crippen molar-refractivity contribution in [3.8, 4) is 0 Å². The van der Waals surface area contributed by atoms with Crippen molar-refractivity contribution in [2.45, 2.75) is 12.8 Å². The molecule has 0 saturated heterocycles. The molecule has 1 amide bonds. The molecule has 0 aromatic heterocycles. The maximum Gasteiger partial charge on any atom is 0.322 e. The SMILES string of the molecule is C[C@@H](C(=O)NCC(=O)O)c1cccc(C(=O)c2ccccc2)c1. The lowest BCUT2D eigenvalue weighted by Crippen LogP contribution is -2.32. The lowest BCUT2D eigenvalue weighted by Gasteiger charge is -2.12. The van der Waals surface area contributed by atoms with Crippen LogP contribution in [-0.4, -0.2) is 29.3 Å². The second kappa shape index (κ2) is 7.35. The highest BCUT2D eigenvalue weighted by Gasteiger charge is 2.17. The molecule has 5 nitrogen and oxygen atoms in total. The molecule has 0 fully saturated rings. The van der Waals surface area contributed by atoms with Gasteiger partial charge in [-0.25, -0.2) is 0 Å². The zero-order valence-electron chi connectivity index (χ0n) is 12.7. The summed E-state index contributed by atoms with van der Waals surface area (Å²) in [5.74, 6) is -2.15. The van der Waals surface area contributed by atoms with Gasteiger partial charge in [0.15, 0.2) is 5.78 Å². The number of ketones is 1. The summed E-state index contributed by atoms with van der Waals surface area (Å²) in [5.41, 5.74) is 1.73. The molecule has 2 aromatic rings. The molecule has 0 radical (unpaired) electrons. The van der Waals surface area contributed by atoms with E-state index in [4.69, 9.17) is 5.11 Å². The maximum atomic E-state index is 12.4. The van der Waals surface area contributed by atoms with Crippen LogP contribution in [0.1, 0.15) is 34.3 Å². The summed E-state index contributed by atoms with van der Waals surface area (Å²) >= 11 is 0. The molecule has 118 valence electrons. The molecule has 0 aliphatic heterocycles. The van der Waals surface area contributed by atoms with Crippen LogP contribution < -0.4 is 5.32 Å². The molecule has 2 rings (SSSR count). The minimum atomic E-state index is -1.10. The fourth-order valence-electron chi connectivity index (χ4n) is 2.17. The van der Waals surface area contributed by atoms with E-state index in [1.54, 1.807) is 55.5 Å². The highest BCUT2D eigenvalue weighted by atomic mass is 16.4. The monoisotopic (exact) mass is 311 g/mol. The van der Waals surface area contributed by atoms with Gasteiger partial charge in [-0.2, -0.15) is 0 Å². The van der Waals surface area contributed by atoms with Gasteiger partial charge >= 0.3 is 5.97 Å². The van der Waals surface area contributed by atoms with Gasteiger partial charge in [-0.15, -0.1) is 0 Å². The fraction of sp³-hybridized carbons (Fsp3) is 0.167. The predicted molar refractivity (Wildman–Crippen MR) is 85.4 cm³/mol. The van der Waals surface area contributed by atoms with E-state index in [0.717, 1.165) is 0 Å². The highest BCUT2D eigenvalue weighted by Crippen LogP contribution is 2.19. The number of hydrogen-bond acceptors (Lipinski definition) is 3. The van der Waals surface area contributed by atoms with E-state index < -0.39 is 24.3 Å². The van der Waals surface area contributed by atoms with Crippen molar-refractivity contribution >= 4 is 17.7 Å². The second-order valence-corrected chi connectivity index (χ2v) is 5.15. The molecule has 0 aliphatic rings.